The van der Waals surface area contributed by atoms with Gasteiger partial charge in [-0.1, -0.05) is 32.1 Å². The fourth-order valence-electron chi connectivity index (χ4n) is 4.64. The van der Waals surface area contributed by atoms with Crippen LogP contribution in [0.1, 0.15) is 74.9 Å². The SMILES string of the molecule is Cc1nc(C)c(CCC(=O)N2CCC[C@@H]2CC2CCCCC2)c(=O)[nH]1. The van der Waals surface area contributed by atoms with E-state index in [9.17, 15) is 9.59 Å². The zero-order valence-electron chi connectivity index (χ0n) is 15.6. The van der Waals surface area contributed by atoms with Gasteiger partial charge in [-0.2, -0.15) is 0 Å². The smallest absolute Gasteiger partial charge is 0.254 e. The second-order valence-electron chi connectivity index (χ2n) is 7.84. The third kappa shape index (κ3) is 4.50. The van der Waals surface area contributed by atoms with Gasteiger partial charge in [0, 0.05) is 30.3 Å². The first kappa shape index (κ1) is 18.2. The van der Waals surface area contributed by atoms with Crippen molar-refractivity contribution in [3.63, 3.8) is 0 Å². The first-order valence-corrected chi connectivity index (χ1v) is 9.90. The number of nitrogens with zero attached hydrogens (tertiary/aromatic N) is 2. The number of nitrogens with one attached hydrogen (secondary N) is 1. The molecule has 1 aromatic rings. The van der Waals surface area contributed by atoms with Gasteiger partial charge >= 0.3 is 0 Å². The minimum Gasteiger partial charge on any atom is -0.340 e. The standard InChI is InChI=1S/C20H31N3O2/c1-14-18(20(25)22-15(2)21-14)10-11-19(24)23-12-6-9-17(23)13-16-7-4-3-5-8-16/h16-17H,3-13H2,1-2H3,(H,21,22,25)/t17-/m1/s1. The van der Waals surface area contributed by atoms with Gasteiger partial charge in [0.25, 0.3) is 5.56 Å². The van der Waals surface area contributed by atoms with Gasteiger partial charge in [-0.05, 0) is 45.4 Å². The molecule has 1 aromatic heterocycles. The largest absolute Gasteiger partial charge is 0.340 e. The Morgan fingerprint density at radius 1 is 1.16 bits per heavy atom. The minimum atomic E-state index is -0.0991. The summed E-state index contributed by atoms with van der Waals surface area (Å²) in [4.78, 5) is 34.0. The van der Waals surface area contributed by atoms with E-state index in [0.717, 1.165) is 31.0 Å². The van der Waals surface area contributed by atoms with Crippen molar-refractivity contribution >= 4 is 5.91 Å². The van der Waals surface area contributed by atoms with Gasteiger partial charge < -0.3 is 9.88 Å². The lowest BCUT2D eigenvalue weighted by molar-refractivity contribution is -0.132. The molecule has 1 amide bonds. The van der Waals surface area contributed by atoms with Crippen molar-refractivity contribution in [1.29, 1.82) is 0 Å². The Bertz CT molecular complexity index is 661. The molecule has 1 N–H and O–H groups in total. The Kier molecular flexibility index (Phi) is 5.92. The highest BCUT2D eigenvalue weighted by Gasteiger charge is 2.30. The summed E-state index contributed by atoms with van der Waals surface area (Å²) in [5.74, 6) is 1.64. The molecule has 2 aliphatic rings. The predicted molar refractivity (Wildman–Crippen MR) is 98.6 cm³/mol. The van der Waals surface area contributed by atoms with Crippen molar-refractivity contribution in [2.45, 2.75) is 84.1 Å². The Labute approximate surface area is 150 Å². The highest BCUT2D eigenvalue weighted by molar-refractivity contribution is 5.77. The van der Waals surface area contributed by atoms with Crippen LogP contribution in [0.25, 0.3) is 0 Å². The first-order valence-electron chi connectivity index (χ1n) is 9.90. The first-order chi connectivity index (χ1) is 12.0. The molecule has 2 fully saturated rings. The van der Waals surface area contributed by atoms with Crippen molar-refractivity contribution in [2.75, 3.05) is 6.54 Å². The lowest BCUT2D eigenvalue weighted by Crippen LogP contribution is -2.37. The van der Waals surface area contributed by atoms with Crippen molar-refractivity contribution in [2.24, 2.45) is 5.92 Å². The molecule has 138 valence electrons. The Morgan fingerprint density at radius 2 is 1.92 bits per heavy atom. The quantitative estimate of drug-likeness (QED) is 0.890. The number of aryl methyl sites for hydroxylation is 2. The van der Waals surface area contributed by atoms with Crippen LogP contribution in [0.4, 0.5) is 0 Å². The summed E-state index contributed by atoms with van der Waals surface area (Å²) >= 11 is 0. The number of hydrogen-bond donors (Lipinski definition) is 1. The van der Waals surface area contributed by atoms with Gasteiger partial charge in [-0.25, -0.2) is 4.98 Å². The molecule has 1 aliphatic heterocycles. The number of aromatic nitrogens is 2. The van der Waals surface area contributed by atoms with Crippen LogP contribution in [-0.2, 0) is 11.2 Å². The summed E-state index contributed by atoms with van der Waals surface area (Å²) in [6.45, 7) is 4.52. The second kappa shape index (κ2) is 8.15. The van der Waals surface area contributed by atoms with E-state index in [1.807, 2.05) is 6.92 Å². The average molecular weight is 345 g/mol. The summed E-state index contributed by atoms with van der Waals surface area (Å²) in [7, 11) is 0. The summed E-state index contributed by atoms with van der Waals surface area (Å²) in [5.41, 5.74) is 1.30. The van der Waals surface area contributed by atoms with Crippen LogP contribution in [-0.4, -0.2) is 33.4 Å². The van der Waals surface area contributed by atoms with Gasteiger partial charge in [0.05, 0.1) is 0 Å². The molecule has 0 spiro atoms. The van der Waals surface area contributed by atoms with Crippen LogP contribution < -0.4 is 5.56 Å². The fraction of sp³-hybridized carbons (Fsp3) is 0.750. The topological polar surface area (TPSA) is 66.1 Å². The van der Waals surface area contributed by atoms with Crippen LogP contribution in [0.15, 0.2) is 4.79 Å². The zero-order valence-corrected chi connectivity index (χ0v) is 15.6. The van der Waals surface area contributed by atoms with Gasteiger partial charge in [0.2, 0.25) is 5.91 Å². The molecule has 0 aromatic carbocycles. The van der Waals surface area contributed by atoms with Crippen LogP contribution in [0, 0.1) is 19.8 Å². The number of hydrogen-bond acceptors (Lipinski definition) is 3. The summed E-state index contributed by atoms with van der Waals surface area (Å²) in [6, 6.07) is 0.422. The molecular weight excluding hydrogens is 314 g/mol. The maximum Gasteiger partial charge on any atom is 0.254 e. The molecule has 1 atom stereocenters. The van der Waals surface area contributed by atoms with E-state index < -0.39 is 0 Å². The molecule has 25 heavy (non-hydrogen) atoms. The van der Waals surface area contributed by atoms with Crippen LogP contribution in [0.5, 0.6) is 0 Å². The molecule has 1 aliphatic carbocycles. The molecule has 5 heteroatoms. The number of aromatic amines is 1. The second-order valence-corrected chi connectivity index (χ2v) is 7.84. The van der Waals surface area contributed by atoms with Crippen LogP contribution in [0.2, 0.25) is 0 Å². The van der Waals surface area contributed by atoms with Crippen LogP contribution >= 0.6 is 0 Å². The highest BCUT2D eigenvalue weighted by atomic mass is 16.2. The molecule has 0 unspecified atom stereocenters. The van der Waals surface area contributed by atoms with Crippen LogP contribution in [0.3, 0.4) is 0 Å². The lowest BCUT2D eigenvalue weighted by Gasteiger charge is -2.30. The fourth-order valence-corrected chi connectivity index (χ4v) is 4.64. The van der Waals surface area contributed by atoms with E-state index in [2.05, 4.69) is 14.9 Å². The van der Waals surface area contributed by atoms with Crippen molar-refractivity contribution in [3.05, 3.63) is 27.4 Å². The maximum absolute atomic E-state index is 12.8. The molecule has 1 saturated carbocycles. The van der Waals surface area contributed by atoms with Gasteiger partial charge in [-0.15, -0.1) is 0 Å². The molecule has 1 saturated heterocycles. The summed E-state index contributed by atoms with van der Waals surface area (Å²) in [5, 5.41) is 0. The van der Waals surface area contributed by atoms with E-state index in [4.69, 9.17) is 0 Å². The number of amides is 1. The van der Waals surface area contributed by atoms with E-state index in [-0.39, 0.29) is 11.5 Å². The summed E-state index contributed by atoms with van der Waals surface area (Å²) in [6.07, 6.45) is 11.1. The van der Waals surface area contributed by atoms with Gasteiger partial charge in [-0.3, -0.25) is 9.59 Å². The predicted octanol–water partition coefficient (Wildman–Crippen LogP) is 3.28. The summed E-state index contributed by atoms with van der Waals surface area (Å²) < 4.78 is 0. The van der Waals surface area contributed by atoms with Gasteiger partial charge in [0.1, 0.15) is 5.82 Å². The normalized spacial score (nSPS) is 21.7. The minimum absolute atomic E-state index is 0.0991. The van der Waals surface area contributed by atoms with Crippen molar-refractivity contribution in [1.82, 2.24) is 14.9 Å². The highest BCUT2D eigenvalue weighted by Crippen LogP contribution is 2.32. The number of carbonyl (C=O) groups is 1. The van der Waals surface area contributed by atoms with Crippen molar-refractivity contribution in [3.8, 4) is 0 Å². The molecule has 0 bridgehead atoms. The molecule has 0 radical (unpaired) electrons. The van der Waals surface area contributed by atoms with E-state index >= 15 is 0 Å². The Hall–Kier alpha value is -1.65. The zero-order chi connectivity index (χ0) is 17.8. The molecule has 2 heterocycles. The third-order valence-electron chi connectivity index (χ3n) is 5.96. The Morgan fingerprint density at radius 3 is 2.64 bits per heavy atom. The maximum atomic E-state index is 12.8. The average Bonchev–Trinajstić information content (AvgIpc) is 3.03. The molecule has 3 rings (SSSR count). The number of rotatable bonds is 5. The van der Waals surface area contributed by atoms with Gasteiger partial charge in [0.15, 0.2) is 0 Å². The molecule has 5 nitrogen and oxygen atoms in total. The van der Waals surface area contributed by atoms with E-state index in [0.29, 0.717) is 30.3 Å². The Balaban J connectivity index is 1.57. The monoisotopic (exact) mass is 345 g/mol. The van der Waals surface area contributed by atoms with E-state index in [1.165, 1.54) is 38.5 Å². The number of carbonyl (C=O) groups excluding carboxylic acids is 1. The lowest BCUT2D eigenvalue weighted by atomic mass is 9.84. The van der Waals surface area contributed by atoms with Crippen molar-refractivity contribution < 1.29 is 4.79 Å². The molecular formula is C20H31N3O2. The van der Waals surface area contributed by atoms with E-state index in [1.54, 1.807) is 6.92 Å². The number of likely N-dealkylation sites (tertiary alicyclic amines) is 1. The third-order valence-corrected chi connectivity index (χ3v) is 5.96. The number of H-pyrrole nitrogens is 1.